The molecule has 27 nitrogen and oxygen atoms in total. The van der Waals surface area contributed by atoms with Crippen molar-refractivity contribution >= 4 is 80.1 Å². The van der Waals surface area contributed by atoms with Crippen molar-refractivity contribution in [3.63, 3.8) is 0 Å². The van der Waals surface area contributed by atoms with Gasteiger partial charge in [0.05, 0.1) is 25.4 Å². The zero-order valence-electron chi connectivity index (χ0n) is 55.1. The van der Waals surface area contributed by atoms with Crippen LogP contribution >= 0.6 is 39.0 Å². The van der Waals surface area contributed by atoms with Crippen LogP contribution in [-0.4, -0.2) is 143 Å². The fourth-order valence-corrected chi connectivity index (χ4v) is 15.5. The maximum absolute atomic E-state index is 15.4. The lowest BCUT2D eigenvalue weighted by atomic mass is 10.0. The van der Waals surface area contributed by atoms with Crippen LogP contribution in [0.25, 0.3) is 0 Å². The highest BCUT2D eigenvalue weighted by atomic mass is 32.2. The van der Waals surface area contributed by atoms with E-state index in [1.54, 1.807) is 118 Å². The molecule has 4 unspecified atom stereocenters. The quantitative estimate of drug-likeness (QED) is 0.0168. The standard InChI is InChI=1S/C32H38F2N5O9PS.C32H37F2N4O9PS/c1-18(2)46-28(42)19(3)38-49(44,48-21-9-7-6-8-10-21)45-16-23-26(40)32(33,34)29(47-23)39-14-13-25(36-30(39)43)35-27(41)20-11-12-24-22(15-20)37-31(4,5)17-50-24;1-18(2)45-28(41)19(3)37-48(43,47-22-9-7-6-8-10-22)44-17-23-26(39)32(33,34)29(46-23)38-14-13-25(36-30(38)42)35-27(40)20-11-12-24-21(15-20)16-31(4,5)49-24/h6-15,18-19,23,26,29,37,40H,16-17H2,1-5H3,(H,38,44)(H,35,36,41,43);6-15,18-19,23,26,29,39H,16-17H2,1-5H3,(H,37,43)(H,35,36,40,42)/t19-,23-,26-,29?,49?;19-,23-,26-,29?,48?/m11/s1. The third-order valence-electron chi connectivity index (χ3n) is 14.9. The molecule has 4 aliphatic heterocycles. The van der Waals surface area contributed by atoms with E-state index in [1.807, 2.05) is 19.9 Å². The molecule has 0 aliphatic carbocycles. The number of hydrogen-bond acceptors (Lipinski definition) is 23. The number of esters is 2. The lowest BCUT2D eigenvalue weighted by Gasteiger charge is -2.33. The number of hydrogen-bond donors (Lipinski definition) is 7. The van der Waals surface area contributed by atoms with Crippen LogP contribution in [0.2, 0.25) is 0 Å². The van der Waals surface area contributed by atoms with Gasteiger partial charge in [0.2, 0.25) is 12.5 Å². The summed E-state index contributed by atoms with van der Waals surface area (Å²) in [5.74, 6) is -10.2. The molecule has 4 aliphatic rings. The summed E-state index contributed by atoms with van der Waals surface area (Å²) in [6, 6.07) is 25.7. The van der Waals surface area contributed by atoms with Gasteiger partial charge in [-0.15, -0.1) is 23.5 Å². The molecular weight excluding hydrogens is 1380 g/mol. The third kappa shape index (κ3) is 18.9. The van der Waals surface area contributed by atoms with Crippen molar-refractivity contribution in [2.24, 2.45) is 0 Å². The van der Waals surface area contributed by atoms with E-state index >= 15 is 17.6 Å². The van der Waals surface area contributed by atoms with E-state index in [0.717, 1.165) is 57.7 Å². The van der Waals surface area contributed by atoms with Crippen molar-refractivity contribution < 1.29 is 93.1 Å². The summed E-state index contributed by atoms with van der Waals surface area (Å²) in [7, 11) is -8.97. The number of nitrogens with zero attached hydrogens (tertiary/aromatic N) is 4. The van der Waals surface area contributed by atoms with Gasteiger partial charge in [-0.3, -0.25) is 37.4 Å². The number of aliphatic hydroxyl groups excluding tert-OH is 2. The van der Waals surface area contributed by atoms with E-state index < -0.39 is 137 Å². The molecule has 2 amide bonds. The highest BCUT2D eigenvalue weighted by molar-refractivity contribution is 8.01. The normalized spacial score (nSPS) is 22.5. The van der Waals surface area contributed by atoms with Crippen LogP contribution in [0, 0.1) is 0 Å². The van der Waals surface area contributed by atoms with Crippen molar-refractivity contribution in [1.82, 2.24) is 29.3 Å². The number of fused-ring (bicyclic) bond motifs is 2. The lowest BCUT2D eigenvalue weighted by molar-refractivity contribution is -0.150. The highest BCUT2D eigenvalue weighted by Crippen LogP contribution is 2.51. The van der Waals surface area contributed by atoms with Crippen molar-refractivity contribution in [2.75, 3.05) is 34.9 Å². The molecule has 7 N–H and O–H groups in total. The second kappa shape index (κ2) is 30.8. The van der Waals surface area contributed by atoms with E-state index in [1.165, 1.54) is 38.1 Å². The number of alkyl halides is 4. The van der Waals surface area contributed by atoms with Crippen LogP contribution in [0.3, 0.4) is 0 Å². The highest BCUT2D eigenvalue weighted by Gasteiger charge is 2.61. The average molecular weight is 1460 g/mol. The summed E-state index contributed by atoms with van der Waals surface area (Å²) in [4.78, 5) is 86.0. The monoisotopic (exact) mass is 1460 g/mol. The van der Waals surface area contributed by atoms with Gasteiger partial charge in [0, 0.05) is 55.0 Å². The number of amides is 2. The average Bonchev–Trinajstić information content (AvgIpc) is 1.64. The number of thioether (sulfide) groups is 2. The molecule has 99 heavy (non-hydrogen) atoms. The predicted molar refractivity (Wildman–Crippen MR) is 356 cm³/mol. The number of carbonyl (C=O) groups is 4. The molecule has 0 saturated carbocycles. The first-order valence-electron chi connectivity index (χ1n) is 31.0. The Labute approximate surface area is 574 Å². The molecule has 2 fully saturated rings. The Morgan fingerprint density at radius 1 is 0.636 bits per heavy atom. The Kier molecular flexibility index (Phi) is 23.5. The number of halogens is 4. The van der Waals surface area contributed by atoms with E-state index in [9.17, 15) is 48.1 Å². The van der Waals surface area contributed by atoms with E-state index in [-0.39, 0.29) is 39.0 Å². The lowest BCUT2D eigenvalue weighted by Crippen LogP contribution is -2.42. The number of ether oxygens (including phenoxy) is 4. The fourth-order valence-electron chi connectivity index (χ4n) is 10.2. The Bertz CT molecular complexity index is 4160. The smallest absolute Gasteiger partial charge is 0.459 e. The van der Waals surface area contributed by atoms with Gasteiger partial charge in [-0.2, -0.15) is 37.7 Å². The van der Waals surface area contributed by atoms with Crippen LogP contribution in [0.4, 0.5) is 34.9 Å². The maximum atomic E-state index is 15.4. The van der Waals surface area contributed by atoms with Crippen LogP contribution in [-0.2, 0) is 53.1 Å². The summed E-state index contributed by atoms with van der Waals surface area (Å²) in [6.45, 7) is 15.6. The van der Waals surface area contributed by atoms with Gasteiger partial charge in [-0.25, -0.2) is 18.7 Å². The number of anilines is 3. The van der Waals surface area contributed by atoms with E-state index in [2.05, 4.69) is 49.9 Å². The van der Waals surface area contributed by atoms with Gasteiger partial charge in [-0.1, -0.05) is 50.2 Å². The van der Waals surface area contributed by atoms with Gasteiger partial charge in [0.1, 0.15) is 47.4 Å². The summed E-state index contributed by atoms with van der Waals surface area (Å²) >= 11 is 3.37. The molecule has 2 aromatic heterocycles. The number of carbonyl (C=O) groups excluding carboxylic acids is 4. The minimum Gasteiger partial charge on any atom is -0.462 e. The number of nitrogens with one attached hydrogen (secondary N) is 5. The van der Waals surface area contributed by atoms with Crippen LogP contribution in [0.5, 0.6) is 11.5 Å². The topological polar surface area (TPSA) is 347 Å². The van der Waals surface area contributed by atoms with Gasteiger partial charge >= 0.3 is 50.7 Å². The third-order valence-corrected chi connectivity index (χ3v) is 21.0. The second-order valence-corrected chi connectivity index (χ2v) is 31.3. The van der Waals surface area contributed by atoms with E-state index in [0.29, 0.717) is 14.7 Å². The van der Waals surface area contributed by atoms with Gasteiger partial charge in [0.15, 0.2) is 12.2 Å². The van der Waals surface area contributed by atoms with Crippen molar-refractivity contribution in [3.8, 4) is 11.5 Å². The molecular formula is C64H75F4N9O18P2S2. The Morgan fingerprint density at radius 2 is 1.06 bits per heavy atom. The molecule has 0 radical (unpaired) electrons. The molecule has 10 atom stereocenters. The molecule has 6 heterocycles. The SMILES string of the molecule is CC(C)OC(=O)[C@@H](C)NP(=O)(OC[C@H]1OC(n2ccc(NC(=O)c3ccc4c(c3)CC(C)(C)S4)nc2=O)C(F)(F)[C@@H]1O)Oc1ccccc1.CC(C)OC(=O)[C@@H](C)NP(=O)(OC[C@H]1OC(n2ccc(NC(=O)c3ccc4c(c3)NC(C)(C)CS4)nc2=O)C(F)(F)[C@@H]1O)Oc1ccccc1. The molecule has 6 aromatic rings. The second-order valence-electron chi connectivity index (χ2n) is 25.1. The minimum absolute atomic E-state index is 0.000672. The minimum atomic E-state index is -4.49. The van der Waals surface area contributed by atoms with Gasteiger partial charge < -0.3 is 54.2 Å². The summed E-state index contributed by atoms with van der Waals surface area (Å²) in [5, 5.41) is 34.3. The number of aromatic nitrogens is 4. The Hall–Kier alpha value is -7.52. The summed E-state index contributed by atoms with van der Waals surface area (Å²) in [5.41, 5.74) is -0.159. The zero-order chi connectivity index (χ0) is 72.2. The molecule has 35 heteroatoms. The first-order valence-corrected chi connectivity index (χ1v) is 35.9. The first-order chi connectivity index (χ1) is 46.4. The Balaban J connectivity index is 0.000000231. The fraction of sp³-hybridized carbons (Fsp3) is 0.438. The van der Waals surface area contributed by atoms with Crippen molar-refractivity contribution in [1.29, 1.82) is 0 Å². The zero-order valence-corrected chi connectivity index (χ0v) is 58.5. The van der Waals surface area contributed by atoms with Crippen LogP contribution in [0.1, 0.15) is 108 Å². The van der Waals surface area contributed by atoms with Crippen LogP contribution in [0.15, 0.2) is 141 Å². The Morgan fingerprint density at radius 3 is 1.48 bits per heavy atom. The first kappa shape index (κ1) is 75.7. The molecule has 0 bridgehead atoms. The van der Waals surface area contributed by atoms with Crippen molar-refractivity contribution in [3.05, 3.63) is 159 Å². The molecule has 0 spiro atoms. The largest absolute Gasteiger partial charge is 0.462 e. The summed E-state index contributed by atoms with van der Waals surface area (Å²) < 4.78 is 133. The number of benzene rings is 4. The molecule has 2 saturated heterocycles. The number of rotatable bonds is 24. The van der Waals surface area contributed by atoms with Gasteiger partial charge in [-0.05, 0) is 140 Å². The predicted octanol–water partition coefficient (Wildman–Crippen LogP) is 9.77. The van der Waals surface area contributed by atoms with E-state index in [4.69, 9.17) is 37.0 Å². The van der Waals surface area contributed by atoms with Crippen molar-refractivity contribution in [2.45, 2.75) is 169 Å². The summed E-state index contributed by atoms with van der Waals surface area (Å²) in [6.07, 6.45) is -11.6. The maximum Gasteiger partial charge on any atom is 0.459 e. The molecule has 534 valence electrons. The molecule has 4 aromatic carbocycles. The van der Waals surface area contributed by atoms with Crippen LogP contribution < -0.4 is 46.6 Å². The number of aliphatic hydroxyl groups is 2. The number of para-hydroxylation sites is 2. The molecule has 10 rings (SSSR count). The van der Waals surface area contributed by atoms with Gasteiger partial charge in [0.25, 0.3) is 11.8 Å².